The molecule has 5 rings (SSSR count). The molecule has 0 aromatic heterocycles. The highest BCUT2D eigenvalue weighted by Crippen LogP contribution is 2.42. The molecule has 0 bridgehead atoms. The summed E-state index contributed by atoms with van der Waals surface area (Å²) in [5.74, 6) is -0.143. The maximum atomic E-state index is 13.4. The minimum atomic E-state index is -0.126. The zero-order valence-corrected chi connectivity index (χ0v) is 19.1. The lowest BCUT2D eigenvalue weighted by atomic mass is 10.2. The van der Waals surface area contributed by atoms with E-state index in [0.29, 0.717) is 18.0 Å². The largest absolute Gasteiger partial charge is 0.368 e. The van der Waals surface area contributed by atoms with Crippen LogP contribution >= 0.6 is 11.8 Å². The number of rotatable bonds is 4. The van der Waals surface area contributed by atoms with Crippen LogP contribution in [-0.4, -0.2) is 49.4 Å². The lowest BCUT2D eigenvalue weighted by molar-refractivity contribution is -0.131. The zero-order chi connectivity index (χ0) is 22.6. The Bertz CT molecular complexity index is 1170. The van der Waals surface area contributed by atoms with Crippen molar-refractivity contribution in [3.8, 4) is 0 Å². The quantitative estimate of drug-likeness (QED) is 0.543. The van der Waals surface area contributed by atoms with Gasteiger partial charge in [-0.15, -0.1) is 0 Å². The Hall–Kier alpha value is -3.51. The van der Waals surface area contributed by atoms with Gasteiger partial charge in [-0.3, -0.25) is 14.5 Å². The fraction of sp³-hybridized carbons (Fsp3) is 0.185. The second-order valence-corrected chi connectivity index (χ2v) is 9.17. The molecule has 1 saturated heterocycles. The van der Waals surface area contributed by atoms with Crippen molar-refractivity contribution >= 4 is 41.0 Å². The Balaban J connectivity index is 1.32. The first-order chi connectivity index (χ1) is 16.2. The average molecular weight is 456 g/mol. The molecule has 3 aromatic rings. The first-order valence-electron chi connectivity index (χ1n) is 11.1. The molecular weight excluding hydrogens is 430 g/mol. The van der Waals surface area contributed by atoms with E-state index in [4.69, 9.17) is 0 Å². The molecule has 0 spiro atoms. The maximum absolute atomic E-state index is 13.4. The smallest absolute Gasteiger partial charge is 0.265 e. The first-order valence-corrected chi connectivity index (χ1v) is 11.9. The summed E-state index contributed by atoms with van der Waals surface area (Å²) >= 11 is 1.46. The normalized spacial score (nSPS) is 17.3. The van der Waals surface area contributed by atoms with Crippen molar-refractivity contribution in [1.82, 2.24) is 4.90 Å². The molecule has 0 radical (unpaired) electrons. The van der Waals surface area contributed by atoms with Crippen molar-refractivity contribution in [3.63, 3.8) is 0 Å². The van der Waals surface area contributed by atoms with Crippen LogP contribution in [0.2, 0.25) is 0 Å². The molecule has 6 heteroatoms. The van der Waals surface area contributed by atoms with E-state index in [2.05, 4.69) is 17.0 Å². The summed E-state index contributed by atoms with van der Waals surface area (Å²) in [6.45, 7) is 2.93. The van der Waals surface area contributed by atoms with Crippen LogP contribution in [0.3, 0.4) is 0 Å². The molecular formula is C27H25N3O2S. The predicted molar refractivity (Wildman–Crippen MR) is 134 cm³/mol. The van der Waals surface area contributed by atoms with E-state index in [1.165, 1.54) is 17.4 Å². The minimum Gasteiger partial charge on any atom is -0.368 e. The zero-order valence-electron chi connectivity index (χ0n) is 18.3. The number of fused-ring (bicyclic) bond motifs is 1. The Morgan fingerprint density at radius 3 is 2.18 bits per heavy atom. The summed E-state index contributed by atoms with van der Waals surface area (Å²) < 4.78 is 0. The molecule has 2 heterocycles. The van der Waals surface area contributed by atoms with Gasteiger partial charge >= 0.3 is 0 Å². The number of para-hydroxylation sites is 2. The predicted octanol–water partition coefficient (Wildman–Crippen LogP) is 4.52. The Morgan fingerprint density at radius 2 is 1.45 bits per heavy atom. The van der Waals surface area contributed by atoms with Crippen molar-refractivity contribution in [1.29, 1.82) is 0 Å². The third kappa shape index (κ3) is 4.66. The van der Waals surface area contributed by atoms with Crippen molar-refractivity contribution < 1.29 is 9.59 Å². The van der Waals surface area contributed by atoms with Crippen molar-refractivity contribution in [3.05, 3.63) is 95.4 Å². The van der Waals surface area contributed by atoms with Crippen molar-refractivity contribution in [2.75, 3.05) is 42.5 Å². The summed E-state index contributed by atoms with van der Waals surface area (Å²) in [7, 11) is 0. The number of thioether (sulfide) groups is 1. The summed E-state index contributed by atoms with van der Waals surface area (Å²) in [5.41, 5.74) is 2.95. The first kappa shape index (κ1) is 21.3. The lowest BCUT2D eigenvalue weighted by Crippen LogP contribution is -2.52. The van der Waals surface area contributed by atoms with Crippen molar-refractivity contribution in [2.24, 2.45) is 0 Å². The van der Waals surface area contributed by atoms with Crippen LogP contribution < -0.4 is 9.80 Å². The highest BCUT2D eigenvalue weighted by Gasteiger charge is 2.32. The van der Waals surface area contributed by atoms with Crippen LogP contribution in [0.25, 0.3) is 6.08 Å². The number of anilines is 2. The fourth-order valence-electron chi connectivity index (χ4n) is 4.21. The minimum absolute atomic E-state index is 0.0168. The molecule has 2 aliphatic heterocycles. The van der Waals surface area contributed by atoms with E-state index < -0.39 is 0 Å². The van der Waals surface area contributed by atoms with Gasteiger partial charge in [-0.05, 0) is 35.9 Å². The van der Waals surface area contributed by atoms with E-state index in [9.17, 15) is 9.59 Å². The van der Waals surface area contributed by atoms with Gasteiger partial charge in [-0.1, -0.05) is 72.4 Å². The van der Waals surface area contributed by atoms with Gasteiger partial charge in [0.15, 0.2) is 0 Å². The van der Waals surface area contributed by atoms with Gasteiger partial charge in [0.2, 0.25) is 5.91 Å². The number of amides is 2. The van der Waals surface area contributed by atoms with Crippen LogP contribution in [0.5, 0.6) is 0 Å². The number of hydrogen-bond donors (Lipinski definition) is 0. The third-order valence-corrected chi connectivity index (χ3v) is 7.05. The molecule has 3 aromatic carbocycles. The van der Waals surface area contributed by atoms with Crippen LogP contribution in [0.4, 0.5) is 11.4 Å². The SMILES string of the molecule is O=C(CN1C(=O)/C(=C/c2ccccc2)Sc2ccccc21)N1CCN(c2ccccc2)CC1. The lowest BCUT2D eigenvalue weighted by Gasteiger charge is -2.37. The van der Waals surface area contributed by atoms with Crippen LogP contribution in [0.1, 0.15) is 5.56 Å². The van der Waals surface area contributed by atoms with Gasteiger partial charge in [-0.25, -0.2) is 0 Å². The number of hydrogen-bond acceptors (Lipinski definition) is 4. The standard InChI is InChI=1S/C27H25N3O2S/c31-26(29-17-15-28(16-18-29)22-11-5-2-6-12-22)20-30-23-13-7-8-14-24(23)33-25(27(30)32)19-21-9-3-1-4-10-21/h1-14,19H,15-18,20H2/b25-19-. The second-order valence-electron chi connectivity index (χ2n) is 8.08. The van der Waals surface area contributed by atoms with Crippen molar-refractivity contribution in [2.45, 2.75) is 4.90 Å². The van der Waals surface area contributed by atoms with Gasteiger partial charge in [0, 0.05) is 36.8 Å². The molecule has 0 N–H and O–H groups in total. The number of benzene rings is 3. The molecule has 33 heavy (non-hydrogen) atoms. The van der Waals surface area contributed by atoms with E-state index in [0.717, 1.165) is 29.2 Å². The van der Waals surface area contributed by atoms with E-state index >= 15 is 0 Å². The summed E-state index contributed by atoms with van der Waals surface area (Å²) in [6, 6.07) is 27.9. The molecule has 0 saturated carbocycles. The topological polar surface area (TPSA) is 43.9 Å². The summed E-state index contributed by atoms with van der Waals surface area (Å²) in [5, 5.41) is 0. The molecule has 1 fully saturated rings. The Morgan fingerprint density at radius 1 is 0.818 bits per heavy atom. The molecule has 166 valence electrons. The highest BCUT2D eigenvalue weighted by atomic mass is 32.2. The van der Waals surface area contributed by atoms with Gasteiger partial charge in [0.25, 0.3) is 5.91 Å². The molecule has 0 unspecified atom stereocenters. The Labute approximate surface area is 198 Å². The van der Waals surface area contributed by atoms with E-state index in [1.807, 2.05) is 83.8 Å². The average Bonchev–Trinajstić information content (AvgIpc) is 2.87. The number of carbonyl (C=O) groups is 2. The van der Waals surface area contributed by atoms with Crippen LogP contribution in [0, 0.1) is 0 Å². The molecule has 2 amide bonds. The molecule has 0 aliphatic carbocycles. The van der Waals surface area contributed by atoms with Crippen LogP contribution in [-0.2, 0) is 9.59 Å². The van der Waals surface area contributed by atoms with Gasteiger partial charge in [-0.2, -0.15) is 0 Å². The highest BCUT2D eigenvalue weighted by molar-refractivity contribution is 8.04. The summed E-state index contributed by atoms with van der Waals surface area (Å²) in [6.07, 6.45) is 1.90. The molecule has 0 atom stereocenters. The molecule has 2 aliphatic rings. The van der Waals surface area contributed by atoms with E-state index in [-0.39, 0.29) is 18.4 Å². The fourth-order valence-corrected chi connectivity index (χ4v) is 5.27. The van der Waals surface area contributed by atoms with Gasteiger partial charge in [0.1, 0.15) is 6.54 Å². The number of nitrogens with zero attached hydrogens (tertiary/aromatic N) is 3. The number of piperazine rings is 1. The molecule has 5 nitrogen and oxygen atoms in total. The second kappa shape index (κ2) is 9.55. The van der Waals surface area contributed by atoms with Gasteiger partial charge in [0.05, 0.1) is 10.6 Å². The summed E-state index contributed by atoms with van der Waals surface area (Å²) in [4.78, 5) is 34.0. The Kier molecular flexibility index (Phi) is 6.17. The third-order valence-electron chi connectivity index (χ3n) is 5.98. The van der Waals surface area contributed by atoms with Gasteiger partial charge < -0.3 is 9.80 Å². The van der Waals surface area contributed by atoms with Crippen LogP contribution in [0.15, 0.2) is 94.7 Å². The van der Waals surface area contributed by atoms with E-state index in [1.54, 1.807) is 4.90 Å². The number of carbonyl (C=O) groups excluding carboxylic acids is 2. The maximum Gasteiger partial charge on any atom is 0.265 e. The monoisotopic (exact) mass is 455 g/mol.